The van der Waals surface area contributed by atoms with Gasteiger partial charge in [-0.25, -0.2) is 9.78 Å². The van der Waals surface area contributed by atoms with Crippen LogP contribution in [0.4, 0.5) is 0 Å². The predicted molar refractivity (Wildman–Crippen MR) is 54.0 cm³/mol. The van der Waals surface area contributed by atoms with Gasteiger partial charge < -0.3 is 9.67 Å². The Hall–Kier alpha value is -1.32. The lowest BCUT2D eigenvalue weighted by Crippen LogP contribution is -2.17. The van der Waals surface area contributed by atoms with Gasteiger partial charge in [-0.05, 0) is 25.7 Å². The van der Waals surface area contributed by atoms with Gasteiger partial charge >= 0.3 is 5.97 Å². The molecule has 80 valence electrons. The Kier molecular flexibility index (Phi) is 1.84. The molecule has 2 saturated carbocycles. The number of carboxylic acid groups (broad SMARTS) is 1. The molecule has 3 rings (SSSR count). The van der Waals surface area contributed by atoms with Crippen LogP contribution < -0.4 is 0 Å². The number of aromatic carboxylic acids is 1. The first-order valence-corrected chi connectivity index (χ1v) is 5.58. The average Bonchev–Trinajstić information content (AvgIpc) is 2.85. The van der Waals surface area contributed by atoms with E-state index < -0.39 is 5.97 Å². The summed E-state index contributed by atoms with van der Waals surface area (Å²) in [4.78, 5) is 15.1. The first-order valence-electron chi connectivity index (χ1n) is 5.58. The van der Waals surface area contributed by atoms with Crippen molar-refractivity contribution in [3.63, 3.8) is 0 Å². The zero-order valence-electron chi connectivity index (χ0n) is 8.52. The van der Waals surface area contributed by atoms with E-state index in [9.17, 15) is 4.79 Å². The molecule has 2 aliphatic rings. The lowest BCUT2D eigenvalue weighted by Gasteiger charge is -2.26. The zero-order chi connectivity index (χ0) is 10.4. The van der Waals surface area contributed by atoms with Gasteiger partial charge in [0.05, 0.1) is 0 Å². The molecule has 0 atom stereocenters. The summed E-state index contributed by atoms with van der Waals surface area (Å²) in [5.41, 5.74) is 1.15. The second-order valence-corrected chi connectivity index (χ2v) is 4.54. The molecule has 1 aromatic heterocycles. The van der Waals surface area contributed by atoms with E-state index in [1.807, 2.05) is 4.57 Å². The fourth-order valence-electron chi connectivity index (χ4n) is 2.25. The first kappa shape index (κ1) is 8.95. The molecular weight excluding hydrogens is 192 g/mol. The van der Waals surface area contributed by atoms with Crippen molar-refractivity contribution in [2.24, 2.45) is 0 Å². The van der Waals surface area contributed by atoms with Gasteiger partial charge in [-0.3, -0.25) is 0 Å². The van der Waals surface area contributed by atoms with Crippen molar-refractivity contribution in [2.75, 3.05) is 0 Å². The third-order valence-electron chi connectivity index (χ3n) is 3.45. The number of nitrogens with zero attached hydrogens (tertiary/aromatic N) is 2. The van der Waals surface area contributed by atoms with Gasteiger partial charge in [0.25, 0.3) is 0 Å². The van der Waals surface area contributed by atoms with Crippen LogP contribution in [0.25, 0.3) is 0 Å². The van der Waals surface area contributed by atoms with Crippen molar-refractivity contribution in [3.8, 4) is 0 Å². The Balaban J connectivity index is 2.01. The molecule has 0 saturated heterocycles. The van der Waals surface area contributed by atoms with E-state index in [0.717, 1.165) is 18.5 Å². The van der Waals surface area contributed by atoms with E-state index in [2.05, 4.69) is 4.98 Å². The lowest BCUT2D eigenvalue weighted by molar-refractivity contribution is 0.0677. The van der Waals surface area contributed by atoms with E-state index in [4.69, 9.17) is 5.11 Å². The fraction of sp³-hybridized carbons (Fsp3) is 0.636. The van der Waals surface area contributed by atoms with E-state index in [0.29, 0.717) is 12.0 Å². The third kappa shape index (κ3) is 1.35. The molecule has 4 heteroatoms. The maximum Gasteiger partial charge on any atom is 0.372 e. The molecule has 1 heterocycles. The third-order valence-corrected chi connectivity index (χ3v) is 3.45. The summed E-state index contributed by atoms with van der Waals surface area (Å²) in [6, 6.07) is 0.411. The second-order valence-electron chi connectivity index (χ2n) is 4.54. The van der Waals surface area contributed by atoms with Gasteiger partial charge in [0.15, 0.2) is 0 Å². The van der Waals surface area contributed by atoms with Gasteiger partial charge in [0.1, 0.15) is 0 Å². The van der Waals surface area contributed by atoms with Crippen LogP contribution in [0.2, 0.25) is 0 Å². The Morgan fingerprint density at radius 1 is 1.40 bits per heavy atom. The van der Waals surface area contributed by atoms with E-state index in [-0.39, 0.29) is 5.82 Å². The van der Waals surface area contributed by atoms with E-state index >= 15 is 0 Å². The molecule has 1 N–H and O–H groups in total. The Morgan fingerprint density at radius 3 is 2.60 bits per heavy atom. The molecule has 0 aliphatic heterocycles. The number of carbonyl (C=O) groups is 1. The van der Waals surface area contributed by atoms with Crippen LogP contribution in [-0.4, -0.2) is 20.6 Å². The van der Waals surface area contributed by atoms with Crippen molar-refractivity contribution in [1.82, 2.24) is 9.55 Å². The number of hydrogen-bond acceptors (Lipinski definition) is 2. The fourth-order valence-corrected chi connectivity index (χ4v) is 2.25. The van der Waals surface area contributed by atoms with Gasteiger partial charge in [0, 0.05) is 23.9 Å². The normalized spacial score (nSPS) is 21.3. The number of aromatic nitrogens is 2. The molecule has 4 nitrogen and oxygen atoms in total. The lowest BCUT2D eigenvalue weighted by atomic mass is 9.83. The summed E-state index contributed by atoms with van der Waals surface area (Å²) in [5, 5.41) is 9.04. The highest BCUT2D eigenvalue weighted by Gasteiger charge is 2.34. The van der Waals surface area contributed by atoms with Crippen molar-refractivity contribution < 1.29 is 9.90 Å². The largest absolute Gasteiger partial charge is 0.475 e. The molecule has 0 unspecified atom stereocenters. The molecule has 0 spiro atoms. The second kappa shape index (κ2) is 3.08. The minimum atomic E-state index is -0.896. The van der Waals surface area contributed by atoms with Crippen LogP contribution in [0, 0.1) is 0 Å². The SMILES string of the molecule is O=C(O)c1ncc(C2CCC2)n1C1CC1. The Bertz CT molecular complexity index is 403. The molecular formula is C11H14N2O2. The van der Waals surface area contributed by atoms with Gasteiger partial charge in [-0.15, -0.1) is 0 Å². The van der Waals surface area contributed by atoms with Gasteiger partial charge in [-0.1, -0.05) is 6.42 Å². The number of imidazole rings is 1. The first-order chi connectivity index (χ1) is 7.27. The molecule has 0 amide bonds. The summed E-state index contributed by atoms with van der Waals surface area (Å²) >= 11 is 0. The average molecular weight is 206 g/mol. The minimum Gasteiger partial charge on any atom is -0.475 e. The molecule has 2 fully saturated rings. The van der Waals surface area contributed by atoms with Crippen LogP contribution in [-0.2, 0) is 0 Å². The van der Waals surface area contributed by atoms with Gasteiger partial charge in [0.2, 0.25) is 5.82 Å². The number of hydrogen-bond donors (Lipinski definition) is 1. The zero-order valence-corrected chi connectivity index (χ0v) is 8.52. The number of carboxylic acids is 1. The molecule has 1 aromatic rings. The van der Waals surface area contributed by atoms with Crippen molar-refractivity contribution in [3.05, 3.63) is 17.7 Å². The van der Waals surface area contributed by atoms with Crippen LogP contribution in [0.5, 0.6) is 0 Å². The monoisotopic (exact) mass is 206 g/mol. The molecule has 0 aromatic carbocycles. The molecule has 15 heavy (non-hydrogen) atoms. The predicted octanol–water partition coefficient (Wildman–Crippen LogP) is 2.18. The summed E-state index contributed by atoms with van der Waals surface area (Å²) in [6.07, 6.45) is 7.64. The van der Waals surface area contributed by atoms with Gasteiger partial charge in [-0.2, -0.15) is 0 Å². The van der Waals surface area contributed by atoms with Crippen molar-refractivity contribution in [2.45, 2.75) is 44.1 Å². The summed E-state index contributed by atoms with van der Waals surface area (Å²) < 4.78 is 1.96. The van der Waals surface area contributed by atoms with Crippen LogP contribution in [0.15, 0.2) is 6.20 Å². The van der Waals surface area contributed by atoms with Crippen LogP contribution in [0.3, 0.4) is 0 Å². The topological polar surface area (TPSA) is 55.1 Å². The maximum absolute atomic E-state index is 11.0. The van der Waals surface area contributed by atoms with E-state index in [1.165, 1.54) is 19.3 Å². The quantitative estimate of drug-likeness (QED) is 0.824. The molecule has 2 aliphatic carbocycles. The van der Waals surface area contributed by atoms with E-state index in [1.54, 1.807) is 6.20 Å². The van der Waals surface area contributed by atoms with Crippen LogP contribution >= 0.6 is 0 Å². The highest BCUT2D eigenvalue weighted by atomic mass is 16.4. The van der Waals surface area contributed by atoms with Crippen molar-refractivity contribution in [1.29, 1.82) is 0 Å². The molecule has 0 radical (unpaired) electrons. The smallest absolute Gasteiger partial charge is 0.372 e. The summed E-state index contributed by atoms with van der Waals surface area (Å²) in [6.45, 7) is 0. The maximum atomic E-state index is 11.0. The Morgan fingerprint density at radius 2 is 2.13 bits per heavy atom. The summed E-state index contributed by atoms with van der Waals surface area (Å²) in [7, 11) is 0. The standard InChI is InChI=1S/C11H14N2O2/c14-11(15)10-12-6-9(7-2-1-3-7)13(10)8-4-5-8/h6-8H,1-5H2,(H,14,15). The molecule has 0 bridgehead atoms. The highest BCUT2D eigenvalue weighted by molar-refractivity contribution is 5.83. The van der Waals surface area contributed by atoms with Crippen LogP contribution in [0.1, 0.15) is 60.4 Å². The van der Waals surface area contributed by atoms with Crippen molar-refractivity contribution >= 4 is 5.97 Å². The minimum absolute atomic E-state index is 0.236. The summed E-state index contributed by atoms with van der Waals surface area (Å²) in [5.74, 6) is -0.0990. The Labute approximate surface area is 87.9 Å². The highest BCUT2D eigenvalue weighted by Crippen LogP contribution is 2.43. The number of rotatable bonds is 3.